The van der Waals surface area contributed by atoms with Crippen molar-refractivity contribution < 1.29 is 4.39 Å². The fraction of sp³-hybridized carbons (Fsp3) is 0.182. The number of benzene rings is 1. The first-order chi connectivity index (χ1) is 8.11. The Labute approximate surface area is 98.2 Å². The Kier molecular flexibility index (Phi) is 3.08. The van der Waals surface area contributed by atoms with Gasteiger partial charge in [-0.3, -0.25) is 10.5 Å². The van der Waals surface area contributed by atoms with Crippen LogP contribution in [0.15, 0.2) is 30.6 Å². The Hall–Kier alpha value is -1.92. The third-order valence-electron chi connectivity index (χ3n) is 2.58. The highest BCUT2D eigenvalue weighted by molar-refractivity contribution is 5.51. The highest BCUT2D eigenvalue weighted by Crippen LogP contribution is 2.26. The number of anilines is 1. The molecule has 0 spiro atoms. The lowest BCUT2D eigenvalue weighted by Crippen LogP contribution is -2.29. The van der Waals surface area contributed by atoms with Gasteiger partial charge in [-0.15, -0.1) is 0 Å². The molecule has 0 amide bonds. The van der Waals surface area contributed by atoms with E-state index in [1.165, 1.54) is 18.2 Å². The molecule has 0 radical (unpaired) electrons. The Morgan fingerprint density at radius 3 is 2.82 bits per heavy atom. The number of nitrogens with two attached hydrogens (primary N) is 2. The van der Waals surface area contributed by atoms with Crippen molar-refractivity contribution in [2.45, 2.75) is 6.04 Å². The molecule has 0 saturated heterocycles. The lowest BCUT2D eigenvalue weighted by atomic mass is 10.0. The van der Waals surface area contributed by atoms with Crippen LogP contribution < -0.4 is 17.0 Å². The van der Waals surface area contributed by atoms with E-state index in [0.717, 1.165) is 5.56 Å². The zero-order valence-corrected chi connectivity index (χ0v) is 9.39. The van der Waals surface area contributed by atoms with E-state index in [-0.39, 0.29) is 11.9 Å². The molecule has 0 fully saturated rings. The van der Waals surface area contributed by atoms with Crippen LogP contribution in [0.1, 0.15) is 17.2 Å². The molecule has 5 nitrogen and oxygen atoms in total. The van der Waals surface area contributed by atoms with Crippen LogP contribution in [0.3, 0.4) is 0 Å². The number of halogens is 1. The smallest absolute Gasteiger partial charge is 0.123 e. The second-order valence-corrected chi connectivity index (χ2v) is 3.82. The first-order valence-electron chi connectivity index (χ1n) is 5.11. The predicted octanol–water partition coefficient (Wildman–Crippen LogP) is 0.694. The minimum atomic E-state index is -0.376. The van der Waals surface area contributed by atoms with E-state index in [2.05, 4.69) is 10.5 Å². The van der Waals surface area contributed by atoms with E-state index in [4.69, 9.17) is 11.6 Å². The molecule has 5 N–H and O–H groups in total. The van der Waals surface area contributed by atoms with Crippen molar-refractivity contribution in [2.75, 3.05) is 5.73 Å². The highest BCUT2D eigenvalue weighted by atomic mass is 19.1. The van der Waals surface area contributed by atoms with Gasteiger partial charge in [0.15, 0.2) is 0 Å². The minimum Gasteiger partial charge on any atom is -0.398 e. The number of hydrazine groups is 1. The summed E-state index contributed by atoms with van der Waals surface area (Å²) in [5.74, 6) is 5.15. The van der Waals surface area contributed by atoms with Gasteiger partial charge in [-0.25, -0.2) is 9.82 Å². The lowest BCUT2D eigenvalue weighted by Gasteiger charge is -2.16. The van der Waals surface area contributed by atoms with Crippen molar-refractivity contribution in [3.05, 3.63) is 47.5 Å². The first kappa shape index (κ1) is 11.6. The van der Waals surface area contributed by atoms with Crippen molar-refractivity contribution in [1.82, 2.24) is 15.2 Å². The number of nitrogens with zero attached hydrogens (tertiary/aromatic N) is 2. The summed E-state index contributed by atoms with van der Waals surface area (Å²) in [6.45, 7) is 0. The SMILES string of the molecule is Cn1cc(C(NN)c2cc(F)ccc2N)cn1. The molecular weight excluding hydrogens is 221 g/mol. The minimum absolute atomic E-state index is 0.349. The third-order valence-corrected chi connectivity index (χ3v) is 2.58. The normalized spacial score (nSPS) is 12.6. The molecule has 2 rings (SSSR count). The molecule has 1 unspecified atom stereocenters. The van der Waals surface area contributed by atoms with Crippen LogP contribution >= 0.6 is 0 Å². The van der Waals surface area contributed by atoms with E-state index in [0.29, 0.717) is 11.3 Å². The standard InChI is InChI=1S/C11H14FN5/c1-17-6-7(5-15-17)11(16-14)9-4-8(12)2-3-10(9)13/h2-6,11,16H,13-14H2,1H3. The van der Waals surface area contributed by atoms with Gasteiger partial charge in [0.2, 0.25) is 0 Å². The average molecular weight is 235 g/mol. The number of aromatic nitrogens is 2. The van der Waals surface area contributed by atoms with Gasteiger partial charge in [0.1, 0.15) is 5.82 Å². The number of hydrogen-bond acceptors (Lipinski definition) is 4. The van der Waals surface area contributed by atoms with Crippen molar-refractivity contribution in [3.8, 4) is 0 Å². The van der Waals surface area contributed by atoms with Crippen LogP contribution in [0.25, 0.3) is 0 Å². The maximum Gasteiger partial charge on any atom is 0.123 e. The molecule has 0 aliphatic heterocycles. The van der Waals surface area contributed by atoms with Gasteiger partial charge in [0, 0.05) is 30.1 Å². The molecule has 17 heavy (non-hydrogen) atoms. The van der Waals surface area contributed by atoms with Crippen molar-refractivity contribution in [2.24, 2.45) is 12.9 Å². The fourth-order valence-electron chi connectivity index (χ4n) is 1.75. The Balaban J connectivity index is 2.45. The van der Waals surface area contributed by atoms with E-state index in [9.17, 15) is 4.39 Å². The number of rotatable bonds is 3. The Morgan fingerprint density at radius 2 is 2.24 bits per heavy atom. The summed E-state index contributed by atoms with van der Waals surface area (Å²) in [6.07, 6.45) is 3.46. The molecule has 1 heterocycles. The van der Waals surface area contributed by atoms with Gasteiger partial charge in [-0.2, -0.15) is 5.10 Å². The number of hydrogen-bond donors (Lipinski definition) is 3. The molecule has 6 heteroatoms. The molecule has 0 saturated carbocycles. The van der Waals surface area contributed by atoms with Gasteiger partial charge < -0.3 is 5.73 Å². The first-order valence-corrected chi connectivity index (χ1v) is 5.11. The summed E-state index contributed by atoms with van der Waals surface area (Å²) >= 11 is 0. The Bertz CT molecular complexity index is 522. The number of aryl methyl sites for hydroxylation is 1. The van der Waals surface area contributed by atoms with Crippen LogP contribution in [0.2, 0.25) is 0 Å². The molecule has 0 aliphatic carbocycles. The molecule has 0 aliphatic rings. The molecule has 2 aromatic rings. The van der Waals surface area contributed by atoms with Crippen LogP contribution in [0.4, 0.5) is 10.1 Å². The fourth-order valence-corrected chi connectivity index (χ4v) is 1.75. The molecule has 90 valence electrons. The molecular formula is C11H14FN5. The van der Waals surface area contributed by atoms with E-state index in [1.807, 2.05) is 0 Å². The monoisotopic (exact) mass is 235 g/mol. The summed E-state index contributed by atoms with van der Waals surface area (Å²) in [5.41, 5.74) is 10.3. The van der Waals surface area contributed by atoms with Crippen molar-refractivity contribution in [3.63, 3.8) is 0 Å². The van der Waals surface area contributed by atoms with Gasteiger partial charge >= 0.3 is 0 Å². The van der Waals surface area contributed by atoms with Crippen LogP contribution in [-0.2, 0) is 7.05 Å². The zero-order chi connectivity index (χ0) is 12.4. The van der Waals surface area contributed by atoms with E-state index < -0.39 is 0 Å². The maximum atomic E-state index is 13.2. The summed E-state index contributed by atoms with van der Waals surface area (Å²) < 4.78 is 14.9. The molecule has 1 aromatic heterocycles. The van der Waals surface area contributed by atoms with Crippen LogP contribution in [0.5, 0.6) is 0 Å². The van der Waals surface area contributed by atoms with E-state index in [1.54, 1.807) is 24.1 Å². The lowest BCUT2D eigenvalue weighted by molar-refractivity contribution is 0.606. The number of nitrogens with one attached hydrogen (secondary N) is 1. The topological polar surface area (TPSA) is 81.9 Å². The van der Waals surface area contributed by atoms with Gasteiger partial charge in [-0.05, 0) is 18.2 Å². The van der Waals surface area contributed by atoms with Crippen molar-refractivity contribution in [1.29, 1.82) is 0 Å². The highest BCUT2D eigenvalue weighted by Gasteiger charge is 2.17. The van der Waals surface area contributed by atoms with Gasteiger partial charge in [0.05, 0.1) is 12.2 Å². The molecule has 1 atom stereocenters. The van der Waals surface area contributed by atoms with Gasteiger partial charge in [0.25, 0.3) is 0 Å². The number of nitrogen functional groups attached to an aromatic ring is 1. The van der Waals surface area contributed by atoms with E-state index >= 15 is 0 Å². The summed E-state index contributed by atoms with van der Waals surface area (Å²) in [6, 6.07) is 3.83. The van der Waals surface area contributed by atoms with Crippen LogP contribution in [-0.4, -0.2) is 9.78 Å². The largest absolute Gasteiger partial charge is 0.398 e. The Morgan fingerprint density at radius 1 is 1.47 bits per heavy atom. The maximum absolute atomic E-state index is 13.2. The second kappa shape index (κ2) is 4.52. The quantitative estimate of drug-likeness (QED) is 0.415. The van der Waals surface area contributed by atoms with Crippen molar-refractivity contribution >= 4 is 5.69 Å². The summed E-state index contributed by atoms with van der Waals surface area (Å²) in [5, 5.41) is 4.05. The summed E-state index contributed by atoms with van der Waals surface area (Å²) in [7, 11) is 1.80. The average Bonchev–Trinajstić information content (AvgIpc) is 2.71. The van der Waals surface area contributed by atoms with Gasteiger partial charge in [-0.1, -0.05) is 0 Å². The summed E-state index contributed by atoms with van der Waals surface area (Å²) in [4.78, 5) is 0. The third kappa shape index (κ3) is 2.27. The zero-order valence-electron chi connectivity index (χ0n) is 9.39. The predicted molar refractivity (Wildman–Crippen MR) is 63.2 cm³/mol. The molecule has 0 bridgehead atoms. The molecule has 1 aromatic carbocycles. The van der Waals surface area contributed by atoms with Crippen LogP contribution in [0, 0.1) is 5.82 Å². The second-order valence-electron chi connectivity index (χ2n) is 3.82.